The van der Waals surface area contributed by atoms with Gasteiger partial charge in [-0.3, -0.25) is 0 Å². The van der Waals surface area contributed by atoms with Gasteiger partial charge >= 0.3 is 73.2 Å². The van der Waals surface area contributed by atoms with Gasteiger partial charge in [0.15, 0.2) is 0 Å². The van der Waals surface area contributed by atoms with Gasteiger partial charge in [0.05, 0.1) is 0 Å². The minimum atomic E-state index is -0.847. The van der Waals surface area contributed by atoms with E-state index in [9.17, 15) is 0 Å². The zero-order valence-electron chi connectivity index (χ0n) is 6.52. The van der Waals surface area contributed by atoms with Gasteiger partial charge in [-0.15, -0.1) is 0 Å². The number of halogens is 1. The first-order valence-electron chi connectivity index (χ1n) is 2.98. The first-order valence-corrected chi connectivity index (χ1v) is 7.18. The molecule has 0 aromatic carbocycles. The average molecular weight is 252 g/mol. The molecule has 0 saturated heterocycles. The standard InChI is InChI=1S/2C4H7.ClH.Pd/c2*1-4(2)3;;/h2*1-2H2,3H3;1H;/p-1. The van der Waals surface area contributed by atoms with E-state index in [1.54, 1.807) is 0 Å². The third kappa shape index (κ3) is 6.55. The second-order valence-electron chi connectivity index (χ2n) is 2.46. The third-order valence-corrected chi connectivity index (χ3v) is 4.69. The molecule has 0 aliphatic carbocycles. The second-order valence-corrected chi connectivity index (χ2v) is 7.17. The first kappa shape index (κ1) is 10.4. The molecular weight excluding hydrogens is 238 g/mol. The molecule has 0 aliphatic rings. The van der Waals surface area contributed by atoms with Crippen molar-refractivity contribution in [3.05, 3.63) is 24.3 Å². The maximum atomic E-state index is 6.07. The summed E-state index contributed by atoms with van der Waals surface area (Å²) in [6, 6.07) is 0. The van der Waals surface area contributed by atoms with Gasteiger partial charge in [-0.05, 0) is 0 Å². The molecule has 0 amide bonds. The van der Waals surface area contributed by atoms with Crippen molar-refractivity contribution in [3.63, 3.8) is 0 Å². The summed E-state index contributed by atoms with van der Waals surface area (Å²) >= 11 is -0.847. The van der Waals surface area contributed by atoms with Crippen molar-refractivity contribution in [1.29, 1.82) is 0 Å². The SMILES string of the molecule is C=C(C)[CH2][Pd-]([Cl])[CH2]C(=C)C. The number of allylic oxidation sites excluding steroid dienone is 2. The van der Waals surface area contributed by atoms with Crippen LogP contribution < -0.4 is 0 Å². The summed E-state index contributed by atoms with van der Waals surface area (Å²) in [4.78, 5) is 2.03. The molecule has 0 heterocycles. The van der Waals surface area contributed by atoms with Crippen LogP contribution in [0.25, 0.3) is 0 Å². The van der Waals surface area contributed by atoms with Gasteiger partial charge in [0.25, 0.3) is 0 Å². The van der Waals surface area contributed by atoms with Gasteiger partial charge in [0, 0.05) is 0 Å². The maximum absolute atomic E-state index is 6.07. The minimum absolute atomic E-state index is 0.847. The summed E-state index contributed by atoms with van der Waals surface area (Å²) in [6.07, 6.45) is 0. The molecule has 0 aromatic heterocycles. The zero-order chi connectivity index (χ0) is 8.15. The van der Waals surface area contributed by atoms with Crippen LogP contribution in [0.1, 0.15) is 13.8 Å². The fourth-order valence-electron chi connectivity index (χ4n) is 0.454. The predicted octanol–water partition coefficient (Wildman–Crippen LogP) is 3.75. The van der Waals surface area contributed by atoms with Gasteiger partial charge < -0.3 is 0 Å². The van der Waals surface area contributed by atoms with Crippen LogP contribution in [0.2, 0.25) is 9.79 Å². The molecular formula is C8H14ClPd-. The molecule has 0 aromatic rings. The monoisotopic (exact) mass is 251 g/mol. The van der Waals surface area contributed by atoms with Crippen molar-refractivity contribution in [3.8, 4) is 0 Å². The molecule has 64 valence electrons. The Labute approximate surface area is 73.2 Å². The summed E-state index contributed by atoms with van der Waals surface area (Å²) in [7, 11) is 6.07. The molecule has 2 heteroatoms. The summed E-state index contributed by atoms with van der Waals surface area (Å²) in [6.45, 7) is 11.7. The van der Waals surface area contributed by atoms with Crippen LogP contribution in [0.15, 0.2) is 24.3 Å². The molecule has 0 N–H and O–H groups in total. The van der Waals surface area contributed by atoms with E-state index in [0.29, 0.717) is 0 Å². The summed E-state index contributed by atoms with van der Waals surface area (Å²) in [5.41, 5.74) is 2.38. The van der Waals surface area contributed by atoms with Crippen molar-refractivity contribution in [2.45, 2.75) is 23.6 Å². The van der Waals surface area contributed by atoms with Gasteiger partial charge in [0.1, 0.15) is 0 Å². The quantitative estimate of drug-likeness (QED) is 0.528. The first-order chi connectivity index (χ1) is 4.52. The van der Waals surface area contributed by atoms with Crippen LogP contribution in [0.4, 0.5) is 0 Å². The molecule has 0 spiro atoms. The van der Waals surface area contributed by atoms with Gasteiger partial charge in [0.2, 0.25) is 0 Å². The molecule has 0 rings (SSSR count). The molecule has 0 fully saturated rings. The van der Waals surface area contributed by atoms with Crippen molar-refractivity contribution in [1.82, 2.24) is 0 Å². The third-order valence-electron chi connectivity index (χ3n) is 0.624. The normalized spacial score (nSPS) is 10.9. The number of hydrogen-bond donors (Lipinski definition) is 0. The van der Waals surface area contributed by atoms with E-state index >= 15 is 0 Å². The molecule has 0 radical (unpaired) electrons. The van der Waals surface area contributed by atoms with Gasteiger partial charge in [-0.1, -0.05) is 0 Å². The van der Waals surface area contributed by atoms with Crippen molar-refractivity contribution >= 4 is 9.53 Å². The Morgan fingerprint density at radius 3 is 1.70 bits per heavy atom. The Kier molecular flexibility index (Phi) is 5.35. The van der Waals surface area contributed by atoms with E-state index in [1.807, 2.05) is 13.8 Å². The van der Waals surface area contributed by atoms with E-state index in [4.69, 9.17) is 9.53 Å². The Balaban J connectivity index is 3.53. The van der Waals surface area contributed by atoms with Crippen LogP contribution >= 0.6 is 9.53 Å². The summed E-state index contributed by atoms with van der Waals surface area (Å²) in [5, 5.41) is 0. The van der Waals surface area contributed by atoms with Crippen molar-refractivity contribution in [2.24, 2.45) is 0 Å². The van der Waals surface area contributed by atoms with Crippen LogP contribution in [-0.2, 0) is 15.7 Å². The Morgan fingerprint density at radius 2 is 1.50 bits per heavy atom. The topological polar surface area (TPSA) is 0 Å². The van der Waals surface area contributed by atoms with E-state index in [2.05, 4.69) is 13.2 Å². The Bertz CT molecular complexity index is 124. The Hall–Kier alpha value is 0.432. The molecule has 0 bridgehead atoms. The Morgan fingerprint density at radius 1 is 1.20 bits per heavy atom. The predicted molar refractivity (Wildman–Crippen MR) is 45.1 cm³/mol. The van der Waals surface area contributed by atoms with Crippen LogP contribution in [0.5, 0.6) is 0 Å². The molecule has 0 aliphatic heterocycles. The van der Waals surface area contributed by atoms with Crippen LogP contribution in [-0.4, -0.2) is 0 Å². The average Bonchev–Trinajstić information content (AvgIpc) is 1.58. The fraction of sp³-hybridized carbons (Fsp3) is 0.500. The fourth-order valence-corrected chi connectivity index (χ4v) is 4.39. The number of rotatable bonds is 4. The van der Waals surface area contributed by atoms with E-state index in [1.165, 1.54) is 11.1 Å². The zero-order valence-corrected chi connectivity index (χ0v) is 8.83. The van der Waals surface area contributed by atoms with Crippen molar-refractivity contribution < 1.29 is 15.7 Å². The molecule has 0 nitrogen and oxygen atoms in total. The van der Waals surface area contributed by atoms with Crippen LogP contribution in [0, 0.1) is 0 Å². The van der Waals surface area contributed by atoms with E-state index in [0.717, 1.165) is 9.79 Å². The molecule has 10 heavy (non-hydrogen) atoms. The molecule has 0 unspecified atom stereocenters. The summed E-state index contributed by atoms with van der Waals surface area (Å²) < 4.78 is 0. The number of hydrogen-bond acceptors (Lipinski definition) is 0. The molecule has 0 saturated carbocycles. The second kappa shape index (κ2) is 5.13. The van der Waals surface area contributed by atoms with Gasteiger partial charge in [-0.2, -0.15) is 0 Å². The molecule has 0 atom stereocenters. The van der Waals surface area contributed by atoms with E-state index in [-0.39, 0.29) is 0 Å². The van der Waals surface area contributed by atoms with E-state index < -0.39 is 15.7 Å². The van der Waals surface area contributed by atoms with Gasteiger partial charge in [-0.25, -0.2) is 0 Å². The van der Waals surface area contributed by atoms with Crippen molar-refractivity contribution in [2.75, 3.05) is 0 Å². The summed E-state index contributed by atoms with van der Waals surface area (Å²) in [5.74, 6) is 0. The van der Waals surface area contributed by atoms with Crippen LogP contribution in [0.3, 0.4) is 0 Å².